The van der Waals surface area contributed by atoms with Crippen molar-refractivity contribution >= 4 is 34.4 Å². The average molecular weight is 380 g/mol. The Morgan fingerprint density at radius 1 is 1.11 bits per heavy atom. The Hall–Kier alpha value is -3.62. The lowest BCUT2D eigenvalue weighted by Gasteiger charge is -2.30. The SMILES string of the molecule is NC(=O)c1ccc(N2CCCCC2)c(NC(=O)c2ccnc3[nH]c(=O)[nH]c23)c1. The van der Waals surface area contributed by atoms with Crippen LogP contribution in [0.4, 0.5) is 11.4 Å². The maximum atomic E-state index is 12.9. The molecule has 1 saturated heterocycles. The Balaban J connectivity index is 1.72. The maximum Gasteiger partial charge on any atom is 0.325 e. The predicted octanol–water partition coefficient (Wildman–Crippen LogP) is 1.59. The zero-order valence-electron chi connectivity index (χ0n) is 15.1. The number of nitrogens with one attached hydrogen (secondary N) is 3. The Labute approximate surface area is 160 Å². The van der Waals surface area contributed by atoms with Crippen LogP contribution in [0.2, 0.25) is 0 Å². The minimum absolute atomic E-state index is 0.275. The van der Waals surface area contributed by atoms with Gasteiger partial charge < -0.3 is 20.9 Å². The van der Waals surface area contributed by atoms with Crippen LogP contribution in [0.3, 0.4) is 0 Å². The number of amides is 2. The number of piperidine rings is 1. The summed E-state index contributed by atoms with van der Waals surface area (Å²) in [6.45, 7) is 1.76. The number of primary amides is 1. The van der Waals surface area contributed by atoms with E-state index in [0.717, 1.165) is 31.6 Å². The lowest BCUT2D eigenvalue weighted by Crippen LogP contribution is -2.30. The van der Waals surface area contributed by atoms with Crippen molar-refractivity contribution in [1.29, 1.82) is 0 Å². The second-order valence-corrected chi connectivity index (χ2v) is 6.76. The number of fused-ring (bicyclic) bond motifs is 1. The first-order chi connectivity index (χ1) is 13.5. The van der Waals surface area contributed by atoms with Gasteiger partial charge in [0.1, 0.15) is 0 Å². The van der Waals surface area contributed by atoms with Crippen molar-refractivity contribution in [2.24, 2.45) is 5.73 Å². The molecule has 1 aromatic carbocycles. The number of nitrogens with zero attached hydrogens (tertiary/aromatic N) is 2. The molecule has 1 aliphatic heterocycles. The van der Waals surface area contributed by atoms with Gasteiger partial charge in [-0.2, -0.15) is 0 Å². The highest BCUT2D eigenvalue weighted by molar-refractivity contribution is 6.12. The van der Waals surface area contributed by atoms with Gasteiger partial charge in [-0.15, -0.1) is 0 Å². The van der Waals surface area contributed by atoms with Gasteiger partial charge in [-0.25, -0.2) is 9.78 Å². The van der Waals surface area contributed by atoms with Crippen LogP contribution < -0.4 is 21.6 Å². The molecule has 2 aromatic heterocycles. The van der Waals surface area contributed by atoms with Gasteiger partial charge in [-0.3, -0.25) is 14.6 Å². The molecule has 0 spiro atoms. The molecular formula is C19H20N6O3. The molecule has 144 valence electrons. The van der Waals surface area contributed by atoms with E-state index in [1.165, 1.54) is 18.7 Å². The van der Waals surface area contributed by atoms with Gasteiger partial charge in [-0.1, -0.05) is 0 Å². The fourth-order valence-corrected chi connectivity index (χ4v) is 3.51. The topological polar surface area (TPSA) is 137 Å². The highest BCUT2D eigenvalue weighted by atomic mass is 16.2. The number of anilines is 2. The van der Waals surface area contributed by atoms with E-state index in [1.54, 1.807) is 18.2 Å². The third-order valence-corrected chi connectivity index (χ3v) is 4.89. The van der Waals surface area contributed by atoms with Crippen LogP contribution in [0.1, 0.15) is 40.0 Å². The van der Waals surface area contributed by atoms with Gasteiger partial charge in [-0.05, 0) is 43.5 Å². The van der Waals surface area contributed by atoms with E-state index in [2.05, 4.69) is 25.2 Å². The smallest absolute Gasteiger partial charge is 0.325 e. The lowest BCUT2D eigenvalue weighted by molar-refractivity contribution is 0.0996. The number of H-pyrrole nitrogens is 2. The molecule has 9 heteroatoms. The molecule has 2 amide bonds. The molecule has 5 N–H and O–H groups in total. The number of hydrogen-bond acceptors (Lipinski definition) is 5. The summed E-state index contributed by atoms with van der Waals surface area (Å²) in [5, 5.41) is 2.87. The number of rotatable bonds is 4. The molecule has 0 atom stereocenters. The van der Waals surface area contributed by atoms with E-state index >= 15 is 0 Å². The van der Waals surface area contributed by atoms with Crippen molar-refractivity contribution in [2.75, 3.05) is 23.3 Å². The first kappa shape index (κ1) is 17.8. The second kappa shape index (κ2) is 7.18. The minimum Gasteiger partial charge on any atom is -0.370 e. The molecule has 3 heterocycles. The molecule has 1 aliphatic rings. The number of benzene rings is 1. The van der Waals surface area contributed by atoms with Gasteiger partial charge in [0.15, 0.2) is 5.65 Å². The standard InChI is InChI=1S/C19H20N6O3/c20-16(26)11-4-5-14(25-8-2-1-3-9-25)13(10-11)22-18(27)12-6-7-21-17-15(12)23-19(28)24-17/h4-7,10H,1-3,8-9H2,(H2,20,26)(H,22,27)(H2,21,23,24,28). The fraction of sp³-hybridized carbons (Fsp3) is 0.263. The van der Waals surface area contributed by atoms with Crippen molar-refractivity contribution in [3.63, 3.8) is 0 Å². The first-order valence-corrected chi connectivity index (χ1v) is 9.10. The van der Waals surface area contributed by atoms with Crippen LogP contribution in [-0.4, -0.2) is 39.9 Å². The Bertz CT molecular complexity index is 1110. The molecule has 28 heavy (non-hydrogen) atoms. The highest BCUT2D eigenvalue weighted by Crippen LogP contribution is 2.30. The van der Waals surface area contributed by atoms with E-state index in [4.69, 9.17) is 5.73 Å². The molecule has 0 aliphatic carbocycles. The molecule has 0 saturated carbocycles. The van der Waals surface area contributed by atoms with E-state index in [9.17, 15) is 14.4 Å². The van der Waals surface area contributed by atoms with Gasteiger partial charge in [0, 0.05) is 24.8 Å². The van der Waals surface area contributed by atoms with E-state index in [0.29, 0.717) is 22.4 Å². The number of nitrogens with two attached hydrogens (primary N) is 1. The predicted molar refractivity (Wildman–Crippen MR) is 106 cm³/mol. The Morgan fingerprint density at radius 2 is 1.89 bits per heavy atom. The molecular weight excluding hydrogens is 360 g/mol. The molecule has 0 bridgehead atoms. The normalized spacial score (nSPS) is 14.2. The number of carbonyl (C=O) groups is 2. The number of aromatic amines is 2. The quantitative estimate of drug-likeness (QED) is 0.545. The maximum absolute atomic E-state index is 12.9. The van der Waals surface area contributed by atoms with Crippen LogP contribution >= 0.6 is 0 Å². The summed E-state index contributed by atoms with van der Waals surface area (Å²) in [4.78, 5) is 47.5. The van der Waals surface area contributed by atoms with Crippen LogP contribution in [0.25, 0.3) is 11.2 Å². The van der Waals surface area contributed by atoms with Gasteiger partial charge in [0.05, 0.1) is 22.5 Å². The minimum atomic E-state index is -0.568. The zero-order valence-corrected chi connectivity index (χ0v) is 15.1. The molecule has 0 unspecified atom stereocenters. The summed E-state index contributed by atoms with van der Waals surface area (Å²) in [6.07, 6.45) is 4.76. The monoisotopic (exact) mass is 380 g/mol. The fourth-order valence-electron chi connectivity index (χ4n) is 3.51. The van der Waals surface area contributed by atoms with Gasteiger partial charge in [0.25, 0.3) is 5.91 Å². The third kappa shape index (κ3) is 3.34. The number of pyridine rings is 1. The number of hydrogen-bond donors (Lipinski definition) is 4. The molecule has 9 nitrogen and oxygen atoms in total. The Morgan fingerprint density at radius 3 is 2.64 bits per heavy atom. The molecule has 1 fully saturated rings. The van der Waals surface area contributed by atoms with Crippen LogP contribution in [0, 0.1) is 0 Å². The summed E-state index contributed by atoms with van der Waals surface area (Å²) in [7, 11) is 0. The highest BCUT2D eigenvalue weighted by Gasteiger charge is 2.19. The lowest BCUT2D eigenvalue weighted by atomic mass is 10.1. The van der Waals surface area contributed by atoms with Crippen molar-refractivity contribution in [3.05, 3.63) is 52.1 Å². The summed E-state index contributed by atoms with van der Waals surface area (Å²) in [6, 6.07) is 6.58. The van der Waals surface area contributed by atoms with Crippen molar-refractivity contribution in [1.82, 2.24) is 15.0 Å². The largest absolute Gasteiger partial charge is 0.370 e. The van der Waals surface area contributed by atoms with Crippen LogP contribution in [0.5, 0.6) is 0 Å². The van der Waals surface area contributed by atoms with Crippen LogP contribution in [-0.2, 0) is 0 Å². The zero-order chi connectivity index (χ0) is 19.7. The van der Waals surface area contributed by atoms with Crippen LogP contribution in [0.15, 0.2) is 35.3 Å². The summed E-state index contributed by atoms with van der Waals surface area (Å²) in [5.41, 5.74) is 7.54. The summed E-state index contributed by atoms with van der Waals surface area (Å²) < 4.78 is 0. The van der Waals surface area contributed by atoms with E-state index < -0.39 is 17.5 Å². The number of imidazole rings is 1. The second-order valence-electron chi connectivity index (χ2n) is 6.76. The van der Waals surface area contributed by atoms with Crippen molar-refractivity contribution in [3.8, 4) is 0 Å². The molecule has 4 rings (SSSR count). The number of aromatic nitrogens is 3. The van der Waals surface area contributed by atoms with E-state index in [-0.39, 0.29) is 5.56 Å². The first-order valence-electron chi connectivity index (χ1n) is 9.10. The molecule has 0 radical (unpaired) electrons. The average Bonchev–Trinajstić information content (AvgIpc) is 3.08. The molecule has 3 aromatic rings. The van der Waals surface area contributed by atoms with Gasteiger partial charge >= 0.3 is 5.69 Å². The van der Waals surface area contributed by atoms with Crippen molar-refractivity contribution < 1.29 is 9.59 Å². The summed E-state index contributed by atoms with van der Waals surface area (Å²) >= 11 is 0. The third-order valence-electron chi connectivity index (χ3n) is 4.89. The summed E-state index contributed by atoms with van der Waals surface area (Å²) in [5.74, 6) is -0.982. The van der Waals surface area contributed by atoms with Gasteiger partial charge in [0.2, 0.25) is 5.91 Å². The van der Waals surface area contributed by atoms with E-state index in [1.807, 2.05) is 0 Å². The van der Waals surface area contributed by atoms with Crippen molar-refractivity contribution in [2.45, 2.75) is 19.3 Å². The number of carbonyl (C=O) groups excluding carboxylic acids is 2. The Kier molecular flexibility index (Phi) is 4.56.